The summed E-state index contributed by atoms with van der Waals surface area (Å²) in [5.41, 5.74) is 12.6. The van der Waals surface area contributed by atoms with E-state index >= 15 is 0 Å². The van der Waals surface area contributed by atoms with Gasteiger partial charge in [-0.05, 0) is 140 Å². The van der Waals surface area contributed by atoms with Crippen molar-refractivity contribution in [3.63, 3.8) is 0 Å². The van der Waals surface area contributed by atoms with E-state index in [4.69, 9.17) is 16.5 Å². The van der Waals surface area contributed by atoms with Crippen LogP contribution in [0.2, 0.25) is 0 Å². The molecular formula is C62H37N9. The van der Waals surface area contributed by atoms with Gasteiger partial charge in [0.1, 0.15) is 0 Å². The summed E-state index contributed by atoms with van der Waals surface area (Å²) in [7, 11) is 0. The highest BCUT2D eigenvalue weighted by Crippen LogP contribution is 2.45. The van der Waals surface area contributed by atoms with E-state index in [-0.39, 0.29) is 0 Å². The predicted molar refractivity (Wildman–Crippen MR) is 282 cm³/mol. The van der Waals surface area contributed by atoms with Gasteiger partial charge in [0.25, 0.3) is 0 Å². The molecule has 0 aliphatic rings. The van der Waals surface area contributed by atoms with Gasteiger partial charge in [0.15, 0.2) is 5.82 Å². The van der Waals surface area contributed by atoms with E-state index in [9.17, 15) is 15.8 Å². The summed E-state index contributed by atoms with van der Waals surface area (Å²) in [5, 5.41) is 32.0. The molecule has 2 heterocycles. The van der Waals surface area contributed by atoms with Gasteiger partial charge in [-0.15, -0.1) is 0 Å². The summed E-state index contributed by atoms with van der Waals surface area (Å²) in [5.74, 6) is 0.373. The third-order valence-corrected chi connectivity index (χ3v) is 12.5. The van der Waals surface area contributed by atoms with E-state index < -0.39 is 0 Å². The van der Waals surface area contributed by atoms with Gasteiger partial charge in [0.05, 0.1) is 69.6 Å². The van der Waals surface area contributed by atoms with Crippen molar-refractivity contribution in [2.45, 2.75) is 0 Å². The maximum absolute atomic E-state index is 11.1. The van der Waals surface area contributed by atoms with Gasteiger partial charge in [0, 0.05) is 61.6 Å². The van der Waals surface area contributed by atoms with Gasteiger partial charge in [-0.2, -0.15) is 15.8 Å². The van der Waals surface area contributed by atoms with Crippen LogP contribution in [0.4, 0.5) is 39.8 Å². The first-order valence-corrected chi connectivity index (χ1v) is 22.8. The molecule has 0 aliphatic carbocycles. The second-order valence-electron chi connectivity index (χ2n) is 16.7. The molecule has 0 spiro atoms. The molecule has 0 aliphatic heterocycles. The second kappa shape index (κ2) is 18.6. The number of nitriles is 3. The number of para-hydroxylation sites is 4. The molecule has 0 atom stereocenters. The van der Waals surface area contributed by atoms with Gasteiger partial charge in [-0.1, -0.05) is 84.9 Å². The van der Waals surface area contributed by atoms with Crippen molar-refractivity contribution in [1.82, 2.24) is 14.5 Å². The van der Waals surface area contributed by atoms with E-state index in [1.54, 1.807) is 54.6 Å². The molecule has 0 saturated heterocycles. The molecule has 0 fully saturated rings. The van der Waals surface area contributed by atoms with Crippen molar-refractivity contribution in [3.8, 4) is 57.8 Å². The fraction of sp³-hybridized carbons (Fsp3) is 0. The Kier molecular flexibility index (Phi) is 11.3. The average Bonchev–Trinajstić information content (AvgIpc) is 3.76. The topological polar surface area (TPSA) is 113 Å². The fourth-order valence-electron chi connectivity index (χ4n) is 9.16. The van der Waals surface area contributed by atoms with Crippen LogP contribution in [0, 0.1) is 40.6 Å². The summed E-state index contributed by atoms with van der Waals surface area (Å²) in [6.07, 6.45) is 0. The average molecular weight is 908 g/mol. The van der Waals surface area contributed by atoms with Crippen molar-refractivity contribution in [2.75, 3.05) is 9.80 Å². The summed E-state index contributed by atoms with van der Waals surface area (Å²) < 4.78 is 2.09. The molecule has 9 nitrogen and oxygen atoms in total. The number of nitrogens with zero attached hydrogens (tertiary/aromatic N) is 9. The number of anilines is 6. The molecule has 0 unspecified atom stereocenters. The predicted octanol–water partition coefficient (Wildman–Crippen LogP) is 15.7. The van der Waals surface area contributed by atoms with Crippen molar-refractivity contribution < 1.29 is 0 Å². The molecule has 0 radical (unpaired) electrons. The van der Waals surface area contributed by atoms with Gasteiger partial charge in [0.2, 0.25) is 5.69 Å². The summed E-state index contributed by atoms with van der Waals surface area (Å²) in [6.45, 7) is 8.71. The van der Waals surface area contributed by atoms with Gasteiger partial charge >= 0.3 is 0 Å². The van der Waals surface area contributed by atoms with Crippen molar-refractivity contribution in [3.05, 3.63) is 253 Å². The molecule has 0 amide bonds. The number of hydrogen-bond acceptors (Lipinski definition) is 7. The minimum Gasteiger partial charge on any atom is -0.319 e. The molecule has 0 N–H and O–H groups in total. The molecule has 9 heteroatoms. The van der Waals surface area contributed by atoms with Crippen LogP contribution in [-0.4, -0.2) is 14.5 Å². The third kappa shape index (κ3) is 8.11. The molecule has 330 valence electrons. The van der Waals surface area contributed by atoms with Crippen LogP contribution in [0.3, 0.4) is 0 Å². The SMILES string of the molecule is [C-]#[N+]c1cc(-c2cc(-c3ccc(C#N)cc3)nc(-c3ccc(C#N)cc3)n2)c(C#N)cc1-n1c2ccc(N(c3ccccc3)c3ccccc3)cc2c2cc(N(c3ccccc3)c3ccccc3)ccc21. The van der Waals surface area contributed by atoms with Crippen LogP contribution in [0.25, 0.3) is 66.2 Å². The Bertz CT molecular complexity index is 3660. The molecule has 0 saturated carbocycles. The Morgan fingerprint density at radius 1 is 0.423 bits per heavy atom. The minimum absolute atomic E-state index is 0.310. The number of fused-ring (bicyclic) bond motifs is 3. The van der Waals surface area contributed by atoms with Gasteiger partial charge in [-0.3, -0.25) is 0 Å². The summed E-state index contributed by atoms with van der Waals surface area (Å²) >= 11 is 0. The lowest BCUT2D eigenvalue weighted by molar-refractivity contribution is 1.17. The first-order chi connectivity index (χ1) is 35.0. The molecule has 11 rings (SSSR count). The molecule has 11 aromatic rings. The smallest absolute Gasteiger partial charge is 0.211 e. The lowest BCUT2D eigenvalue weighted by Gasteiger charge is -2.26. The quantitative estimate of drug-likeness (QED) is 0.126. The zero-order valence-corrected chi connectivity index (χ0v) is 37.9. The lowest BCUT2D eigenvalue weighted by Crippen LogP contribution is -2.09. The fourth-order valence-corrected chi connectivity index (χ4v) is 9.16. The molecule has 9 aromatic carbocycles. The molecule has 71 heavy (non-hydrogen) atoms. The first-order valence-electron chi connectivity index (χ1n) is 22.8. The largest absolute Gasteiger partial charge is 0.319 e. The van der Waals surface area contributed by atoms with Crippen LogP contribution >= 0.6 is 0 Å². The monoisotopic (exact) mass is 907 g/mol. The van der Waals surface area contributed by atoms with E-state index in [2.05, 4.69) is 122 Å². The highest BCUT2D eigenvalue weighted by Gasteiger charge is 2.23. The maximum atomic E-state index is 11.1. The maximum Gasteiger partial charge on any atom is 0.211 e. The molecule has 2 aromatic heterocycles. The van der Waals surface area contributed by atoms with Crippen LogP contribution in [-0.2, 0) is 0 Å². The first kappa shape index (κ1) is 43.0. The Morgan fingerprint density at radius 3 is 1.28 bits per heavy atom. The minimum atomic E-state index is 0.310. The summed E-state index contributed by atoms with van der Waals surface area (Å²) in [4.78, 5) is 18.5. The Hall–Kier alpha value is -10.6. The molecular weight excluding hydrogens is 871 g/mol. The van der Waals surface area contributed by atoms with E-state index in [1.807, 2.05) is 84.9 Å². The molecule has 0 bridgehead atoms. The van der Waals surface area contributed by atoms with Crippen LogP contribution in [0.1, 0.15) is 16.7 Å². The van der Waals surface area contributed by atoms with E-state index in [1.165, 1.54) is 0 Å². The van der Waals surface area contributed by atoms with Crippen LogP contribution in [0.15, 0.2) is 224 Å². The lowest BCUT2D eigenvalue weighted by atomic mass is 10.00. The van der Waals surface area contributed by atoms with E-state index in [0.717, 1.165) is 61.5 Å². The zero-order valence-electron chi connectivity index (χ0n) is 37.9. The number of aromatic nitrogens is 3. The van der Waals surface area contributed by atoms with Crippen molar-refractivity contribution >= 4 is 61.6 Å². The van der Waals surface area contributed by atoms with Gasteiger partial charge < -0.3 is 14.4 Å². The Labute approximate surface area is 410 Å². The zero-order chi connectivity index (χ0) is 48.3. The third-order valence-electron chi connectivity index (χ3n) is 12.5. The summed E-state index contributed by atoms with van der Waals surface area (Å²) in [6, 6.07) is 80.2. The highest BCUT2D eigenvalue weighted by molar-refractivity contribution is 6.12. The second-order valence-corrected chi connectivity index (χ2v) is 16.7. The Morgan fingerprint density at radius 2 is 0.859 bits per heavy atom. The van der Waals surface area contributed by atoms with Crippen molar-refractivity contribution in [2.24, 2.45) is 0 Å². The Balaban J connectivity index is 1.14. The number of hydrogen-bond donors (Lipinski definition) is 0. The standard InChI is InChI=1S/C62H37N9/c1-66-58-37-53(57-38-56(44-26-22-42(39-63)23-27-44)67-62(68-57)45-28-24-43(40-64)25-29-45)46(41-65)34-61(58)71-59-32-30-51(69(47-14-6-2-7-15-47)48-16-8-3-9-17-48)35-54(59)55-36-52(31-33-60(55)71)70(49-18-10-4-11-19-49)50-20-12-5-13-21-50/h2-38H. The van der Waals surface area contributed by atoms with Crippen molar-refractivity contribution in [1.29, 1.82) is 15.8 Å². The normalized spacial score (nSPS) is 10.8. The van der Waals surface area contributed by atoms with Crippen LogP contribution in [0.5, 0.6) is 0 Å². The number of benzene rings is 9. The number of rotatable bonds is 10. The van der Waals surface area contributed by atoms with E-state index in [0.29, 0.717) is 56.4 Å². The highest BCUT2D eigenvalue weighted by atomic mass is 15.2. The van der Waals surface area contributed by atoms with Gasteiger partial charge in [-0.25, -0.2) is 14.8 Å². The van der Waals surface area contributed by atoms with Crippen LogP contribution < -0.4 is 9.80 Å².